The van der Waals surface area contributed by atoms with Crippen LogP contribution < -0.4 is 5.73 Å². The lowest BCUT2D eigenvalue weighted by Gasteiger charge is -2.10. The van der Waals surface area contributed by atoms with Gasteiger partial charge in [-0.25, -0.2) is 0 Å². The minimum atomic E-state index is -1.19. The van der Waals surface area contributed by atoms with Crippen LogP contribution >= 0.6 is 12.6 Å². The minimum Gasteiger partial charge on any atom is -0.480 e. The lowest BCUT2D eigenvalue weighted by molar-refractivity contribution is -0.141. The molecule has 3 N–H and O–H groups in total. The van der Waals surface area contributed by atoms with Gasteiger partial charge in [0.2, 0.25) is 0 Å². The van der Waals surface area contributed by atoms with Crippen LogP contribution in [0.15, 0.2) is 0 Å². The van der Waals surface area contributed by atoms with E-state index >= 15 is 0 Å². The molecule has 0 aromatic rings. The average Bonchev–Trinajstić information content (AvgIpc) is 1.84. The largest absolute Gasteiger partial charge is 0.480 e. The van der Waals surface area contributed by atoms with Crippen molar-refractivity contribution in [3.8, 4) is 0 Å². The Morgan fingerprint density at radius 2 is 2.00 bits per heavy atom. The summed E-state index contributed by atoms with van der Waals surface area (Å²) in [6.07, 6.45) is 0. The van der Waals surface area contributed by atoms with Gasteiger partial charge in [-0.05, 0) is 0 Å². The van der Waals surface area contributed by atoms with Crippen LogP contribution in [0, 0.1) is 5.92 Å². The third-order valence-electron chi connectivity index (χ3n) is 1.21. The van der Waals surface area contributed by atoms with Gasteiger partial charge in [-0.15, -0.1) is 12.6 Å². The summed E-state index contributed by atoms with van der Waals surface area (Å²) in [5.74, 6) is -1.92. The zero-order valence-electron chi connectivity index (χ0n) is 5.44. The summed E-state index contributed by atoms with van der Waals surface area (Å²) >= 11 is 3.44. The predicted molar refractivity (Wildman–Crippen MR) is 38.8 cm³/mol. The van der Waals surface area contributed by atoms with E-state index in [0.717, 1.165) is 0 Å². The van der Waals surface area contributed by atoms with Crippen molar-refractivity contribution in [3.63, 3.8) is 0 Å². The topological polar surface area (TPSA) is 80.4 Å². The second kappa shape index (κ2) is 3.58. The van der Waals surface area contributed by atoms with Crippen LogP contribution in [-0.4, -0.2) is 22.2 Å². The second-order valence-corrected chi connectivity index (χ2v) is 2.43. The SMILES string of the molecule is CC(C(=O)S)[C@H](N)C(=O)O. The van der Waals surface area contributed by atoms with Gasteiger partial charge in [-0.3, -0.25) is 9.59 Å². The van der Waals surface area contributed by atoms with E-state index < -0.39 is 23.0 Å². The number of hydrogen-bond acceptors (Lipinski definition) is 3. The van der Waals surface area contributed by atoms with Crippen LogP contribution in [0.2, 0.25) is 0 Å². The van der Waals surface area contributed by atoms with Crippen molar-refractivity contribution in [2.75, 3.05) is 0 Å². The number of hydrogen-bond donors (Lipinski definition) is 3. The molecule has 0 fully saturated rings. The molecule has 0 spiro atoms. The number of thiol groups is 1. The zero-order chi connectivity index (χ0) is 8.31. The molecule has 0 aliphatic carbocycles. The number of carbonyl (C=O) groups excluding carboxylic acids is 1. The van der Waals surface area contributed by atoms with Gasteiger partial charge in [-0.2, -0.15) is 0 Å². The van der Waals surface area contributed by atoms with Crippen LogP contribution in [0.4, 0.5) is 0 Å². The first-order valence-corrected chi connectivity index (χ1v) is 3.12. The van der Waals surface area contributed by atoms with Crippen molar-refractivity contribution in [1.82, 2.24) is 0 Å². The second-order valence-electron chi connectivity index (χ2n) is 1.99. The number of aliphatic carboxylic acids is 1. The lowest BCUT2D eigenvalue weighted by atomic mass is 10.1. The van der Waals surface area contributed by atoms with E-state index in [4.69, 9.17) is 10.8 Å². The molecular weight excluding hydrogens is 154 g/mol. The fraction of sp³-hybridized carbons (Fsp3) is 0.600. The first kappa shape index (κ1) is 9.45. The molecule has 0 aromatic heterocycles. The molecule has 2 atom stereocenters. The van der Waals surface area contributed by atoms with Crippen molar-refractivity contribution in [3.05, 3.63) is 0 Å². The highest BCUT2D eigenvalue weighted by molar-refractivity contribution is 7.96. The Balaban J connectivity index is 4.07. The normalized spacial score (nSPS) is 15.9. The van der Waals surface area contributed by atoms with Crippen LogP contribution in [-0.2, 0) is 9.59 Å². The maximum Gasteiger partial charge on any atom is 0.321 e. The summed E-state index contributed by atoms with van der Waals surface area (Å²) in [5.41, 5.74) is 5.09. The molecule has 0 aliphatic rings. The molecule has 0 aliphatic heterocycles. The van der Waals surface area contributed by atoms with Gasteiger partial charge < -0.3 is 10.8 Å². The first-order valence-electron chi connectivity index (χ1n) is 2.68. The predicted octanol–water partition coefficient (Wildman–Crippen LogP) is -0.509. The summed E-state index contributed by atoms with van der Waals surface area (Å²) in [6, 6.07) is -1.15. The molecule has 0 saturated heterocycles. The molecule has 1 unspecified atom stereocenters. The van der Waals surface area contributed by atoms with Crippen molar-refractivity contribution in [2.45, 2.75) is 13.0 Å². The van der Waals surface area contributed by atoms with E-state index in [9.17, 15) is 9.59 Å². The van der Waals surface area contributed by atoms with E-state index in [1.165, 1.54) is 6.92 Å². The minimum absolute atomic E-state index is 0.505. The molecule has 0 aromatic carbocycles. The first-order chi connectivity index (χ1) is 4.46. The summed E-state index contributed by atoms with van der Waals surface area (Å²) in [6.45, 7) is 1.42. The van der Waals surface area contributed by atoms with Gasteiger partial charge in [0.25, 0.3) is 0 Å². The Kier molecular flexibility index (Phi) is 3.38. The van der Waals surface area contributed by atoms with Crippen molar-refractivity contribution >= 4 is 23.7 Å². The number of rotatable bonds is 3. The van der Waals surface area contributed by atoms with Gasteiger partial charge in [0, 0.05) is 0 Å². The number of carbonyl (C=O) groups is 2. The highest BCUT2D eigenvalue weighted by atomic mass is 32.1. The molecule has 10 heavy (non-hydrogen) atoms. The quantitative estimate of drug-likeness (QED) is 0.489. The Morgan fingerprint density at radius 1 is 1.60 bits per heavy atom. The van der Waals surface area contributed by atoms with Crippen LogP contribution in [0.3, 0.4) is 0 Å². The summed E-state index contributed by atoms with van der Waals surface area (Å²) in [7, 11) is 0. The van der Waals surface area contributed by atoms with E-state index in [0.29, 0.717) is 0 Å². The van der Waals surface area contributed by atoms with Crippen LogP contribution in [0.5, 0.6) is 0 Å². The molecule has 0 bridgehead atoms. The summed E-state index contributed by atoms with van der Waals surface area (Å²) in [5, 5.41) is 7.79. The van der Waals surface area contributed by atoms with Crippen LogP contribution in [0.25, 0.3) is 0 Å². The molecule has 0 heterocycles. The van der Waals surface area contributed by atoms with Gasteiger partial charge in [0.05, 0.1) is 5.92 Å². The zero-order valence-corrected chi connectivity index (χ0v) is 6.34. The molecule has 0 rings (SSSR count). The molecule has 58 valence electrons. The van der Waals surface area contributed by atoms with E-state index in [2.05, 4.69) is 12.6 Å². The summed E-state index contributed by atoms with van der Waals surface area (Å²) in [4.78, 5) is 20.5. The fourth-order valence-corrected chi connectivity index (χ4v) is 0.528. The molecule has 0 saturated carbocycles. The van der Waals surface area contributed by atoms with Crippen LogP contribution in [0.1, 0.15) is 6.92 Å². The third kappa shape index (κ3) is 2.36. The van der Waals surface area contributed by atoms with E-state index in [1.54, 1.807) is 0 Å². The summed E-state index contributed by atoms with van der Waals surface area (Å²) < 4.78 is 0. The Bertz CT molecular complexity index is 141. The Labute approximate surface area is 63.8 Å². The van der Waals surface area contributed by atoms with Crippen molar-refractivity contribution in [1.29, 1.82) is 0 Å². The van der Waals surface area contributed by atoms with Gasteiger partial charge in [-0.1, -0.05) is 6.92 Å². The number of carboxylic acids is 1. The maximum absolute atomic E-state index is 10.4. The van der Waals surface area contributed by atoms with E-state index in [1.807, 2.05) is 0 Å². The molecule has 0 amide bonds. The average molecular weight is 163 g/mol. The monoisotopic (exact) mass is 163 g/mol. The molecular formula is C5H9NO3S. The fourth-order valence-electron chi connectivity index (χ4n) is 0.367. The van der Waals surface area contributed by atoms with E-state index in [-0.39, 0.29) is 0 Å². The van der Waals surface area contributed by atoms with Gasteiger partial charge in [0.1, 0.15) is 6.04 Å². The van der Waals surface area contributed by atoms with Gasteiger partial charge in [0.15, 0.2) is 5.12 Å². The van der Waals surface area contributed by atoms with Crippen molar-refractivity contribution < 1.29 is 14.7 Å². The molecule has 0 radical (unpaired) electrons. The highest BCUT2D eigenvalue weighted by Crippen LogP contribution is 2.04. The Hall–Kier alpha value is -0.550. The number of nitrogens with two attached hydrogens (primary N) is 1. The highest BCUT2D eigenvalue weighted by Gasteiger charge is 2.23. The van der Waals surface area contributed by atoms with Crippen molar-refractivity contribution in [2.24, 2.45) is 11.7 Å². The lowest BCUT2D eigenvalue weighted by Crippen LogP contribution is -2.39. The Morgan fingerprint density at radius 3 is 2.10 bits per heavy atom. The standard InChI is InChI=1S/C5H9NO3S/c1-2(5(9)10)3(6)4(7)8/h2-3H,6H2,1H3,(H,7,8)(H,9,10)/t2?,3-/m0/s1. The van der Waals surface area contributed by atoms with Gasteiger partial charge >= 0.3 is 5.97 Å². The third-order valence-corrected chi connectivity index (χ3v) is 1.62. The molecule has 5 heteroatoms. The smallest absolute Gasteiger partial charge is 0.321 e. The number of carboxylic acid groups (broad SMARTS) is 1. The maximum atomic E-state index is 10.4. The molecule has 4 nitrogen and oxygen atoms in total.